The van der Waals surface area contributed by atoms with Crippen molar-refractivity contribution in [2.45, 2.75) is 52.2 Å². The Bertz CT molecular complexity index is 416. The van der Waals surface area contributed by atoms with Gasteiger partial charge in [0.2, 0.25) is 0 Å². The lowest BCUT2D eigenvalue weighted by Crippen LogP contribution is -2.35. The Hall–Kier alpha value is -0.860. The lowest BCUT2D eigenvalue weighted by molar-refractivity contribution is 0.0107. The zero-order valence-corrected chi connectivity index (χ0v) is 11.0. The van der Waals surface area contributed by atoms with Crippen molar-refractivity contribution in [1.82, 2.24) is 0 Å². The van der Waals surface area contributed by atoms with E-state index in [-0.39, 0.29) is 6.61 Å². The predicted molar refractivity (Wildman–Crippen MR) is 68.9 cm³/mol. The van der Waals surface area contributed by atoms with E-state index >= 15 is 0 Å². The van der Waals surface area contributed by atoms with Crippen molar-refractivity contribution < 1.29 is 10.2 Å². The second-order valence-corrected chi connectivity index (χ2v) is 5.75. The highest BCUT2D eigenvalue weighted by molar-refractivity contribution is 5.42. The molecule has 0 fully saturated rings. The van der Waals surface area contributed by atoms with Crippen LogP contribution in [0.3, 0.4) is 0 Å². The van der Waals surface area contributed by atoms with Crippen molar-refractivity contribution >= 4 is 0 Å². The highest BCUT2D eigenvalue weighted by Gasteiger charge is 2.31. The van der Waals surface area contributed by atoms with Gasteiger partial charge >= 0.3 is 0 Å². The molecule has 1 aliphatic carbocycles. The summed E-state index contributed by atoms with van der Waals surface area (Å²) in [7, 11) is 0. The van der Waals surface area contributed by atoms with Crippen LogP contribution in [0.2, 0.25) is 0 Å². The van der Waals surface area contributed by atoms with Crippen LogP contribution in [0.25, 0.3) is 0 Å². The molecule has 1 aromatic carbocycles. The number of benzene rings is 1. The molecule has 2 N–H and O–H groups in total. The second-order valence-electron chi connectivity index (χ2n) is 5.75. The highest BCUT2D eigenvalue weighted by atomic mass is 16.3. The van der Waals surface area contributed by atoms with E-state index in [1.165, 1.54) is 16.7 Å². The summed E-state index contributed by atoms with van der Waals surface area (Å²) in [5, 5.41) is 19.5. The molecule has 0 saturated heterocycles. The van der Waals surface area contributed by atoms with Gasteiger partial charge < -0.3 is 10.2 Å². The van der Waals surface area contributed by atoms with Crippen LogP contribution in [0, 0.1) is 12.8 Å². The topological polar surface area (TPSA) is 40.5 Å². The lowest BCUT2D eigenvalue weighted by atomic mass is 9.74. The van der Waals surface area contributed by atoms with Gasteiger partial charge in [0.25, 0.3) is 0 Å². The minimum Gasteiger partial charge on any atom is -0.392 e. The second kappa shape index (κ2) is 4.43. The molecule has 1 atom stereocenters. The summed E-state index contributed by atoms with van der Waals surface area (Å²) in [6.07, 6.45) is 2.94. The van der Waals surface area contributed by atoms with Crippen LogP contribution in [0.15, 0.2) is 12.1 Å². The molecular weight excluding hydrogens is 212 g/mol. The zero-order valence-electron chi connectivity index (χ0n) is 11.0. The number of hydrogen-bond acceptors (Lipinski definition) is 2. The van der Waals surface area contributed by atoms with E-state index in [1.54, 1.807) is 0 Å². The zero-order chi connectivity index (χ0) is 12.6. The molecule has 17 heavy (non-hydrogen) atoms. The molecule has 94 valence electrons. The first-order valence-electron chi connectivity index (χ1n) is 6.37. The number of aryl methyl sites for hydroxylation is 1. The van der Waals surface area contributed by atoms with Gasteiger partial charge in [0.15, 0.2) is 0 Å². The normalized spacial score (nSPS) is 20.2. The van der Waals surface area contributed by atoms with Crippen molar-refractivity contribution in [3.63, 3.8) is 0 Å². The van der Waals surface area contributed by atoms with Gasteiger partial charge in [0.1, 0.15) is 0 Å². The SMILES string of the molecule is Cc1ccc(CO)c2c1CCC(C(C)(C)O)C2. The first-order chi connectivity index (χ1) is 7.93. The van der Waals surface area contributed by atoms with Crippen LogP contribution in [0.5, 0.6) is 0 Å². The van der Waals surface area contributed by atoms with Gasteiger partial charge in [-0.3, -0.25) is 0 Å². The molecule has 2 heteroatoms. The fourth-order valence-corrected chi connectivity index (χ4v) is 2.88. The van der Waals surface area contributed by atoms with Crippen molar-refractivity contribution in [2.75, 3.05) is 0 Å². The molecule has 1 aromatic rings. The Labute approximate surface area is 103 Å². The van der Waals surface area contributed by atoms with Crippen LogP contribution < -0.4 is 0 Å². The van der Waals surface area contributed by atoms with Crippen LogP contribution in [0.1, 0.15) is 42.5 Å². The van der Waals surface area contributed by atoms with Gasteiger partial charge in [0.05, 0.1) is 12.2 Å². The standard InChI is InChI=1S/C15H22O2/c1-10-4-5-11(9-16)14-8-12(15(2,3)17)6-7-13(10)14/h4-5,12,16-17H,6-9H2,1-3H3. The maximum absolute atomic E-state index is 10.1. The van der Waals surface area contributed by atoms with E-state index in [1.807, 2.05) is 19.9 Å². The largest absolute Gasteiger partial charge is 0.392 e. The van der Waals surface area contributed by atoms with Gasteiger partial charge in [-0.2, -0.15) is 0 Å². The van der Waals surface area contributed by atoms with E-state index < -0.39 is 5.60 Å². The molecule has 0 amide bonds. The number of aliphatic hydroxyl groups excluding tert-OH is 1. The Morgan fingerprint density at radius 2 is 2.00 bits per heavy atom. The molecule has 0 heterocycles. The maximum atomic E-state index is 10.1. The van der Waals surface area contributed by atoms with Crippen LogP contribution in [-0.2, 0) is 19.4 Å². The predicted octanol–water partition coefficient (Wildman–Crippen LogP) is 2.36. The smallest absolute Gasteiger partial charge is 0.0684 e. The first kappa shape index (κ1) is 12.6. The average Bonchev–Trinajstić information content (AvgIpc) is 2.28. The fraction of sp³-hybridized carbons (Fsp3) is 0.600. The molecule has 1 aliphatic rings. The van der Waals surface area contributed by atoms with E-state index in [2.05, 4.69) is 13.0 Å². The average molecular weight is 234 g/mol. The molecule has 0 spiro atoms. The van der Waals surface area contributed by atoms with Crippen molar-refractivity contribution in [1.29, 1.82) is 0 Å². The van der Waals surface area contributed by atoms with E-state index in [4.69, 9.17) is 0 Å². The van der Waals surface area contributed by atoms with Gasteiger partial charge in [-0.1, -0.05) is 12.1 Å². The molecule has 0 radical (unpaired) electrons. The van der Waals surface area contributed by atoms with E-state index in [9.17, 15) is 10.2 Å². The van der Waals surface area contributed by atoms with E-state index in [0.717, 1.165) is 24.8 Å². The molecule has 1 unspecified atom stereocenters. The van der Waals surface area contributed by atoms with Crippen LogP contribution in [0.4, 0.5) is 0 Å². The molecule has 0 aromatic heterocycles. The molecule has 2 nitrogen and oxygen atoms in total. The van der Waals surface area contributed by atoms with Crippen LogP contribution in [-0.4, -0.2) is 15.8 Å². The maximum Gasteiger partial charge on any atom is 0.0684 e. The summed E-state index contributed by atoms with van der Waals surface area (Å²) < 4.78 is 0. The lowest BCUT2D eigenvalue weighted by Gasteiger charge is -2.35. The summed E-state index contributed by atoms with van der Waals surface area (Å²) in [6.45, 7) is 6.00. The third-order valence-electron chi connectivity index (χ3n) is 4.13. The van der Waals surface area contributed by atoms with Crippen LogP contribution >= 0.6 is 0 Å². The number of fused-ring (bicyclic) bond motifs is 1. The molecule has 0 bridgehead atoms. The third-order valence-corrected chi connectivity index (χ3v) is 4.13. The summed E-state index contributed by atoms with van der Waals surface area (Å²) >= 11 is 0. The molecular formula is C15H22O2. The van der Waals surface area contributed by atoms with Crippen molar-refractivity contribution in [2.24, 2.45) is 5.92 Å². The Morgan fingerprint density at radius 3 is 2.59 bits per heavy atom. The minimum absolute atomic E-state index is 0.0984. The van der Waals surface area contributed by atoms with Gasteiger partial charge in [-0.05, 0) is 68.2 Å². The Morgan fingerprint density at radius 1 is 1.29 bits per heavy atom. The Balaban J connectivity index is 2.39. The monoisotopic (exact) mass is 234 g/mol. The number of rotatable bonds is 2. The number of aliphatic hydroxyl groups is 2. The summed E-state index contributed by atoms with van der Waals surface area (Å²) in [4.78, 5) is 0. The van der Waals surface area contributed by atoms with Crippen molar-refractivity contribution in [3.05, 3.63) is 34.4 Å². The molecule has 0 saturated carbocycles. The summed E-state index contributed by atoms with van der Waals surface area (Å²) in [6, 6.07) is 4.11. The quantitative estimate of drug-likeness (QED) is 0.824. The Kier molecular flexibility index (Phi) is 3.28. The van der Waals surface area contributed by atoms with E-state index in [0.29, 0.717) is 5.92 Å². The third kappa shape index (κ3) is 2.38. The summed E-state index contributed by atoms with van der Waals surface area (Å²) in [5.74, 6) is 0.294. The van der Waals surface area contributed by atoms with Crippen molar-refractivity contribution in [3.8, 4) is 0 Å². The first-order valence-corrected chi connectivity index (χ1v) is 6.37. The summed E-state index contributed by atoms with van der Waals surface area (Å²) in [5.41, 5.74) is 4.36. The minimum atomic E-state index is -0.631. The van der Waals surface area contributed by atoms with Gasteiger partial charge in [-0.25, -0.2) is 0 Å². The molecule has 2 rings (SSSR count). The van der Waals surface area contributed by atoms with Gasteiger partial charge in [0, 0.05) is 0 Å². The fourth-order valence-electron chi connectivity index (χ4n) is 2.88. The molecule has 0 aliphatic heterocycles. The van der Waals surface area contributed by atoms with Gasteiger partial charge in [-0.15, -0.1) is 0 Å². The highest BCUT2D eigenvalue weighted by Crippen LogP contribution is 2.35. The number of hydrogen-bond donors (Lipinski definition) is 2.